The minimum atomic E-state index is -3.43. The van der Waals surface area contributed by atoms with Gasteiger partial charge in [0, 0.05) is 45.7 Å². The highest BCUT2D eigenvalue weighted by Gasteiger charge is 2.23. The largest absolute Gasteiger partial charge is 0.341 e. The van der Waals surface area contributed by atoms with Gasteiger partial charge in [-0.3, -0.25) is 4.79 Å². The molecule has 1 saturated carbocycles. The maximum absolute atomic E-state index is 12.8. The van der Waals surface area contributed by atoms with Crippen LogP contribution in [0.5, 0.6) is 0 Å². The monoisotopic (exact) mass is 463 g/mol. The summed E-state index contributed by atoms with van der Waals surface area (Å²) >= 11 is 0. The molecule has 180 valence electrons. The van der Waals surface area contributed by atoms with Crippen molar-refractivity contribution in [1.29, 1.82) is 0 Å². The van der Waals surface area contributed by atoms with E-state index >= 15 is 0 Å². The summed E-state index contributed by atoms with van der Waals surface area (Å²) in [6.45, 7) is 9.57. The van der Waals surface area contributed by atoms with Crippen molar-refractivity contribution in [3.8, 4) is 0 Å². The Morgan fingerprint density at radius 1 is 0.938 bits per heavy atom. The van der Waals surface area contributed by atoms with Gasteiger partial charge < -0.3 is 9.80 Å². The molecule has 2 fully saturated rings. The summed E-state index contributed by atoms with van der Waals surface area (Å²) in [6.07, 6.45) is 9.07. The van der Waals surface area contributed by atoms with E-state index in [-0.39, 0.29) is 5.91 Å². The summed E-state index contributed by atoms with van der Waals surface area (Å²) in [6, 6.07) is 7.03. The molecule has 0 radical (unpaired) electrons. The summed E-state index contributed by atoms with van der Waals surface area (Å²) in [5, 5.41) is 0. The molecule has 32 heavy (non-hydrogen) atoms. The minimum absolute atomic E-state index is 0.212. The van der Waals surface area contributed by atoms with Crippen molar-refractivity contribution in [2.45, 2.75) is 70.1 Å². The summed E-state index contributed by atoms with van der Waals surface area (Å²) in [5.41, 5.74) is 1.01. The second kappa shape index (κ2) is 12.1. The van der Waals surface area contributed by atoms with Gasteiger partial charge in [0.2, 0.25) is 15.9 Å². The minimum Gasteiger partial charge on any atom is -0.341 e. The van der Waals surface area contributed by atoms with E-state index in [2.05, 4.69) is 4.90 Å². The number of carbonyl (C=O) groups excluding carboxylic acids is 1. The molecule has 0 unspecified atom stereocenters. The van der Waals surface area contributed by atoms with Crippen molar-refractivity contribution in [3.05, 3.63) is 29.8 Å². The number of amides is 1. The number of sulfonamides is 1. The third-order valence-corrected chi connectivity index (χ3v) is 9.14. The quantitative estimate of drug-likeness (QED) is 0.559. The average Bonchev–Trinajstić information content (AvgIpc) is 3.05. The number of rotatable bonds is 9. The van der Waals surface area contributed by atoms with Crippen LogP contribution in [-0.2, 0) is 21.2 Å². The second-order valence-electron chi connectivity index (χ2n) is 9.27. The Hall–Kier alpha value is -1.44. The summed E-state index contributed by atoms with van der Waals surface area (Å²) in [7, 11) is -3.43. The average molecular weight is 464 g/mol. The lowest BCUT2D eigenvalue weighted by Gasteiger charge is -2.28. The maximum atomic E-state index is 12.8. The van der Waals surface area contributed by atoms with Gasteiger partial charge in [0.15, 0.2) is 0 Å². The van der Waals surface area contributed by atoms with Crippen LogP contribution in [0.2, 0.25) is 0 Å². The number of carbonyl (C=O) groups is 1. The van der Waals surface area contributed by atoms with E-state index in [1.165, 1.54) is 43.0 Å². The number of aryl methyl sites for hydroxylation is 1. The van der Waals surface area contributed by atoms with Crippen molar-refractivity contribution in [3.63, 3.8) is 0 Å². The molecule has 1 heterocycles. The Morgan fingerprint density at radius 2 is 1.62 bits per heavy atom. The van der Waals surface area contributed by atoms with Crippen LogP contribution >= 0.6 is 0 Å². The van der Waals surface area contributed by atoms with Crippen LogP contribution in [0.25, 0.3) is 0 Å². The van der Waals surface area contributed by atoms with Gasteiger partial charge in [0.1, 0.15) is 0 Å². The Morgan fingerprint density at radius 3 is 2.28 bits per heavy atom. The Balaban J connectivity index is 1.47. The van der Waals surface area contributed by atoms with E-state index < -0.39 is 10.0 Å². The Labute approximate surface area is 195 Å². The highest BCUT2D eigenvalue weighted by molar-refractivity contribution is 7.89. The molecule has 7 heteroatoms. The van der Waals surface area contributed by atoms with Gasteiger partial charge in [-0.15, -0.1) is 0 Å². The van der Waals surface area contributed by atoms with Crippen LogP contribution in [-0.4, -0.2) is 74.2 Å². The molecule has 0 spiro atoms. The molecular weight excluding hydrogens is 422 g/mol. The molecule has 1 aliphatic carbocycles. The van der Waals surface area contributed by atoms with Gasteiger partial charge in [0.05, 0.1) is 4.90 Å². The zero-order valence-electron chi connectivity index (χ0n) is 20.0. The normalized spacial score (nSPS) is 19.3. The fraction of sp³-hybridized carbons (Fsp3) is 0.720. The molecule has 1 aliphatic heterocycles. The van der Waals surface area contributed by atoms with E-state index in [0.29, 0.717) is 30.8 Å². The molecule has 1 amide bonds. The molecule has 0 aromatic heterocycles. The third kappa shape index (κ3) is 6.78. The van der Waals surface area contributed by atoms with Crippen molar-refractivity contribution in [2.24, 2.45) is 5.92 Å². The third-order valence-electron chi connectivity index (χ3n) is 7.08. The Kier molecular flexibility index (Phi) is 9.56. The van der Waals surface area contributed by atoms with Gasteiger partial charge >= 0.3 is 0 Å². The standard InChI is InChI=1S/C25H41N3O3S/c1-3-28(4-2)32(30,31)24-14-11-22(12-15-24)13-16-25(29)27-18-8-17-26(19-20-27)21-23-9-6-5-7-10-23/h11-12,14-15,23H,3-10,13,16-21H2,1-2H3. The topological polar surface area (TPSA) is 60.9 Å². The van der Waals surface area contributed by atoms with Gasteiger partial charge in [0.25, 0.3) is 0 Å². The molecule has 1 aromatic carbocycles. The van der Waals surface area contributed by atoms with Crippen LogP contribution in [0.1, 0.15) is 64.4 Å². The number of hydrogen-bond acceptors (Lipinski definition) is 4. The first-order valence-electron chi connectivity index (χ1n) is 12.5. The molecular formula is C25H41N3O3S. The van der Waals surface area contributed by atoms with Crippen molar-refractivity contribution < 1.29 is 13.2 Å². The smallest absolute Gasteiger partial charge is 0.243 e. The van der Waals surface area contributed by atoms with Crippen LogP contribution in [0, 0.1) is 5.92 Å². The summed E-state index contributed by atoms with van der Waals surface area (Å²) in [4.78, 5) is 17.7. The predicted molar refractivity (Wildman–Crippen MR) is 129 cm³/mol. The van der Waals surface area contributed by atoms with E-state index in [1.54, 1.807) is 12.1 Å². The molecule has 2 aliphatic rings. The fourth-order valence-electron chi connectivity index (χ4n) is 5.09. The maximum Gasteiger partial charge on any atom is 0.243 e. The number of nitrogens with zero attached hydrogens (tertiary/aromatic N) is 3. The molecule has 0 bridgehead atoms. The van der Waals surface area contributed by atoms with Crippen molar-refractivity contribution >= 4 is 15.9 Å². The highest BCUT2D eigenvalue weighted by Crippen LogP contribution is 2.25. The molecule has 0 N–H and O–H groups in total. The van der Waals surface area contributed by atoms with E-state index in [0.717, 1.165) is 44.1 Å². The van der Waals surface area contributed by atoms with Crippen molar-refractivity contribution in [1.82, 2.24) is 14.1 Å². The van der Waals surface area contributed by atoms with Crippen LogP contribution in [0.4, 0.5) is 0 Å². The fourth-order valence-corrected chi connectivity index (χ4v) is 6.55. The lowest BCUT2D eigenvalue weighted by molar-refractivity contribution is -0.131. The van der Waals surface area contributed by atoms with Gasteiger partial charge in [-0.05, 0) is 55.8 Å². The van der Waals surface area contributed by atoms with Crippen LogP contribution < -0.4 is 0 Å². The Bertz CT molecular complexity index is 815. The SMILES string of the molecule is CCN(CC)S(=O)(=O)c1ccc(CCC(=O)N2CCCN(CC3CCCCC3)CC2)cc1. The zero-order chi connectivity index (χ0) is 23.0. The lowest BCUT2D eigenvalue weighted by Crippen LogP contribution is -2.37. The zero-order valence-corrected chi connectivity index (χ0v) is 20.8. The molecule has 1 aromatic rings. The first-order chi connectivity index (χ1) is 15.4. The number of hydrogen-bond donors (Lipinski definition) is 0. The lowest BCUT2D eigenvalue weighted by atomic mass is 9.89. The van der Waals surface area contributed by atoms with Gasteiger partial charge in [-0.1, -0.05) is 45.2 Å². The van der Waals surface area contributed by atoms with Gasteiger partial charge in [-0.2, -0.15) is 4.31 Å². The molecule has 6 nitrogen and oxygen atoms in total. The number of benzene rings is 1. The summed E-state index contributed by atoms with van der Waals surface area (Å²) < 4.78 is 26.7. The second-order valence-corrected chi connectivity index (χ2v) is 11.2. The first-order valence-corrected chi connectivity index (χ1v) is 14.0. The molecule has 0 atom stereocenters. The predicted octanol–water partition coefficient (Wildman–Crippen LogP) is 3.76. The highest BCUT2D eigenvalue weighted by atomic mass is 32.2. The van der Waals surface area contributed by atoms with E-state index in [1.807, 2.05) is 30.9 Å². The van der Waals surface area contributed by atoms with Crippen molar-refractivity contribution in [2.75, 3.05) is 45.8 Å². The van der Waals surface area contributed by atoms with Crippen LogP contribution in [0.3, 0.4) is 0 Å². The molecule has 3 rings (SSSR count). The first kappa shape index (κ1) is 25.2. The summed E-state index contributed by atoms with van der Waals surface area (Å²) in [5.74, 6) is 1.06. The molecule has 1 saturated heterocycles. The van der Waals surface area contributed by atoms with Crippen LogP contribution in [0.15, 0.2) is 29.2 Å². The van der Waals surface area contributed by atoms with Gasteiger partial charge in [-0.25, -0.2) is 8.42 Å². The van der Waals surface area contributed by atoms with E-state index in [9.17, 15) is 13.2 Å². The van der Waals surface area contributed by atoms with E-state index in [4.69, 9.17) is 0 Å².